The van der Waals surface area contributed by atoms with Crippen molar-refractivity contribution < 1.29 is 14.0 Å². The molecule has 2 aromatic rings. The molecule has 92 valence electrons. The van der Waals surface area contributed by atoms with Crippen LogP contribution in [0.2, 0.25) is 0 Å². The number of anilines is 1. The molecule has 4 heteroatoms. The minimum atomic E-state index is -0.127. The molecule has 1 amide bonds. The molecule has 0 aliphatic rings. The second-order valence-electron chi connectivity index (χ2n) is 4.03. The topological polar surface area (TPSA) is 59.3 Å². The van der Waals surface area contributed by atoms with Crippen LogP contribution in [0.25, 0.3) is 11.3 Å². The third-order valence-corrected chi connectivity index (χ3v) is 2.57. The zero-order valence-corrected chi connectivity index (χ0v) is 10.2. The number of aryl methyl sites for hydroxylation is 1. The van der Waals surface area contributed by atoms with Gasteiger partial charge in [0.1, 0.15) is 5.76 Å². The quantitative estimate of drug-likeness (QED) is 0.843. The first-order chi connectivity index (χ1) is 8.60. The van der Waals surface area contributed by atoms with E-state index in [1.54, 1.807) is 12.1 Å². The summed E-state index contributed by atoms with van der Waals surface area (Å²) >= 11 is 0. The molecule has 4 nitrogen and oxygen atoms in total. The van der Waals surface area contributed by atoms with E-state index in [4.69, 9.17) is 4.42 Å². The van der Waals surface area contributed by atoms with Gasteiger partial charge in [0.25, 0.3) is 0 Å². The third kappa shape index (κ3) is 2.48. The molecule has 0 atom stereocenters. The van der Waals surface area contributed by atoms with E-state index in [0.29, 0.717) is 17.7 Å². The van der Waals surface area contributed by atoms with Gasteiger partial charge in [-0.15, -0.1) is 0 Å². The Hall–Kier alpha value is -2.36. The molecule has 0 radical (unpaired) electrons. The van der Waals surface area contributed by atoms with Gasteiger partial charge in [-0.25, -0.2) is 0 Å². The van der Waals surface area contributed by atoms with Crippen molar-refractivity contribution in [2.75, 3.05) is 5.32 Å². The number of hydrogen-bond acceptors (Lipinski definition) is 3. The average Bonchev–Trinajstić information content (AvgIpc) is 2.79. The van der Waals surface area contributed by atoms with Gasteiger partial charge in [0.05, 0.1) is 0 Å². The van der Waals surface area contributed by atoms with Crippen LogP contribution in [0, 0.1) is 6.92 Å². The minimum absolute atomic E-state index is 0.127. The Morgan fingerprint density at radius 2 is 2.06 bits per heavy atom. The van der Waals surface area contributed by atoms with E-state index in [1.165, 1.54) is 6.92 Å². The van der Waals surface area contributed by atoms with Crippen LogP contribution in [0.4, 0.5) is 5.69 Å². The number of nitrogens with one attached hydrogen (secondary N) is 1. The smallest absolute Gasteiger partial charge is 0.221 e. The lowest BCUT2D eigenvalue weighted by Crippen LogP contribution is -2.05. The Labute approximate surface area is 105 Å². The minimum Gasteiger partial charge on any atom is -0.453 e. The summed E-state index contributed by atoms with van der Waals surface area (Å²) < 4.78 is 5.38. The number of benzene rings is 1. The maximum Gasteiger partial charge on any atom is 0.221 e. The zero-order valence-electron chi connectivity index (χ0n) is 10.2. The summed E-state index contributed by atoms with van der Waals surface area (Å²) in [5.41, 5.74) is 2.57. The highest BCUT2D eigenvalue weighted by Gasteiger charge is 2.08. The zero-order chi connectivity index (χ0) is 13.1. The number of amides is 1. The van der Waals surface area contributed by atoms with E-state index in [-0.39, 0.29) is 11.7 Å². The molecule has 1 N–H and O–H groups in total. The van der Waals surface area contributed by atoms with Crippen molar-refractivity contribution in [1.82, 2.24) is 0 Å². The summed E-state index contributed by atoms with van der Waals surface area (Å²) in [6, 6.07) is 8.90. The largest absolute Gasteiger partial charge is 0.453 e. The van der Waals surface area contributed by atoms with E-state index in [2.05, 4.69) is 5.32 Å². The van der Waals surface area contributed by atoms with Crippen LogP contribution >= 0.6 is 0 Å². The molecular weight excluding hydrogens is 230 g/mol. The van der Waals surface area contributed by atoms with Crippen LogP contribution in [-0.2, 0) is 4.79 Å². The highest BCUT2D eigenvalue weighted by atomic mass is 16.3. The van der Waals surface area contributed by atoms with Crippen LogP contribution in [0.5, 0.6) is 0 Å². The fourth-order valence-corrected chi connectivity index (χ4v) is 1.73. The highest BCUT2D eigenvalue weighted by molar-refractivity contribution is 5.89. The fraction of sp³-hybridized carbons (Fsp3) is 0.143. The molecular formula is C14H13NO3. The van der Waals surface area contributed by atoms with Gasteiger partial charge in [-0.05, 0) is 36.8 Å². The molecule has 0 saturated heterocycles. The van der Waals surface area contributed by atoms with Crippen molar-refractivity contribution in [2.45, 2.75) is 13.8 Å². The number of carbonyl (C=O) groups excluding carboxylic acids is 2. The van der Waals surface area contributed by atoms with Crippen molar-refractivity contribution in [3.05, 3.63) is 41.7 Å². The number of carbonyl (C=O) groups is 2. The van der Waals surface area contributed by atoms with Crippen molar-refractivity contribution in [1.29, 1.82) is 0 Å². The molecule has 2 rings (SSSR count). The van der Waals surface area contributed by atoms with Crippen LogP contribution in [-0.4, -0.2) is 12.2 Å². The van der Waals surface area contributed by atoms with Crippen molar-refractivity contribution in [2.24, 2.45) is 0 Å². The second kappa shape index (κ2) is 4.87. The molecule has 0 unspecified atom stereocenters. The lowest BCUT2D eigenvalue weighted by Gasteiger charge is -2.07. The van der Waals surface area contributed by atoms with Crippen LogP contribution < -0.4 is 5.32 Å². The summed E-state index contributed by atoms with van der Waals surface area (Å²) in [7, 11) is 0. The lowest BCUT2D eigenvalue weighted by atomic mass is 10.1. The SMILES string of the molecule is CC(=O)Nc1ccc(C)c(-c2ccc(C=O)o2)c1. The first kappa shape index (κ1) is 12.1. The predicted molar refractivity (Wildman–Crippen MR) is 68.6 cm³/mol. The molecule has 0 saturated carbocycles. The molecule has 1 aromatic carbocycles. The maximum absolute atomic E-state index is 11.0. The van der Waals surface area contributed by atoms with Crippen molar-refractivity contribution in [3.63, 3.8) is 0 Å². The molecule has 18 heavy (non-hydrogen) atoms. The molecule has 0 spiro atoms. The average molecular weight is 243 g/mol. The Kier molecular flexibility index (Phi) is 3.28. The van der Waals surface area contributed by atoms with E-state index < -0.39 is 0 Å². The van der Waals surface area contributed by atoms with Gasteiger partial charge in [-0.2, -0.15) is 0 Å². The van der Waals surface area contributed by atoms with Gasteiger partial charge in [0.15, 0.2) is 12.0 Å². The van der Waals surface area contributed by atoms with E-state index in [0.717, 1.165) is 11.1 Å². The van der Waals surface area contributed by atoms with Gasteiger partial charge < -0.3 is 9.73 Å². The normalized spacial score (nSPS) is 10.1. The maximum atomic E-state index is 11.0. The highest BCUT2D eigenvalue weighted by Crippen LogP contribution is 2.28. The molecule has 1 aromatic heterocycles. The Balaban J connectivity index is 2.42. The summed E-state index contributed by atoms with van der Waals surface area (Å²) in [4.78, 5) is 21.6. The number of furan rings is 1. The standard InChI is InChI=1S/C14H13NO3/c1-9-3-4-11(15-10(2)17)7-13(9)14-6-5-12(8-16)18-14/h3-8H,1-2H3,(H,15,17). The first-order valence-corrected chi connectivity index (χ1v) is 5.54. The molecule has 0 aliphatic heterocycles. The molecule has 0 aliphatic carbocycles. The van der Waals surface area contributed by atoms with Gasteiger partial charge in [0, 0.05) is 18.2 Å². The number of rotatable bonds is 3. The summed E-state index contributed by atoms with van der Waals surface area (Å²) in [5.74, 6) is 0.772. The van der Waals surface area contributed by atoms with Crippen LogP contribution in [0.3, 0.4) is 0 Å². The fourth-order valence-electron chi connectivity index (χ4n) is 1.73. The molecule has 0 fully saturated rings. The summed E-state index contributed by atoms with van der Waals surface area (Å²) in [5, 5.41) is 2.71. The van der Waals surface area contributed by atoms with Crippen LogP contribution in [0.15, 0.2) is 34.7 Å². The number of hydrogen-bond donors (Lipinski definition) is 1. The van der Waals surface area contributed by atoms with Gasteiger partial charge in [-0.3, -0.25) is 9.59 Å². The Morgan fingerprint density at radius 3 is 2.67 bits per heavy atom. The lowest BCUT2D eigenvalue weighted by molar-refractivity contribution is -0.114. The van der Waals surface area contributed by atoms with Gasteiger partial charge in [0.2, 0.25) is 5.91 Å². The Bertz CT molecular complexity index is 599. The molecule has 1 heterocycles. The van der Waals surface area contributed by atoms with Gasteiger partial charge in [-0.1, -0.05) is 6.07 Å². The van der Waals surface area contributed by atoms with E-state index in [1.807, 2.05) is 25.1 Å². The second-order valence-corrected chi connectivity index (χ2v) is 4.03. The van der Waals surface area contributed by atoms with Crippen molar-refractivity contribution in [3.8, 4) is 11.3 Å². The van der Waals surface area contributed by atoms with E-state index in [9.17, 15) is 9.59 Å². The van der Waals surface area contributed by atoms with Crippen molar-refractivity contribution >= 4 is 17.9 Å². The van der Waals surface area contributed by atoms with Gasteiger partial charge >= 0.3 is 0 Å². The number of aldehydes is 1. The first-order valence-electron chi connectivity index (χ1n) is 5.54. The predicted octanol–water partition coefficient (Wildman–Crippen LogP) is 3.03. The van der Waals surface area contributed by atoms with Crippen LogP contribution in [0.1, 0.15) is 23.0 Å². The Morgan fingerprint density at radius 1 is 1.28 bits per heavy atom. The summed E-state index contributed by atoms with van der Waals surface area (Å²) in [6.07, 6.45) is 0.663. The third-order valence-electron chi connectivity index (χ3n) is 2.57. The van der Waals surface area contributed by atoms with E-state index >= 15 is 0 Å². The summed E-state index contributed by atoms with van der Waals surface area (Å²) in [6.45, 7) is 3.40. The molecule has 0 bridgehead atoms. The monoisotopic (exact) mass is 243 g/mol.